The summed E-state index contributed by atoms with van der Waals surface area (Å²) in [7, 11) is 0. The topological polar surface area (TPSA) is 55.8 Å². The van der Waals surface area contributed by atoms with E-state index < -0.39 is 23.7 Å². The van der Waals surface area contributed by atoms with Gasteiger partial charge in [0.1, 0.15) is 11.6 Å². The number of alkyl halides is 1. The summed E-state index contributed by atoms with van der Waals surface area (Å²) >= 11 is 5.68. The van der Waals surface area contributed by atoms with Crippen molar-refractivity contribution >= 4 is 23.7 Å². The first-order valence-corrected chi connectivity index (χ1v) is 7.52. The third-order valence-electron chi connectivity index (χ3n) is 2.48. The average molecular weight is 308 g/mol. The lowest BCUT2D eigenvalue weighted by atomic mass is 10.2. The highest BCUT2D eigenvalue weighted by Gasteiger charge is 2.32. The van der Waals surface area contributed by atoms with Crippen LogP contribution in [0.4, 0.5) is 4.79 Å². The molecular formula is C14H26ClNO4. The van der Waals surface area contributed by atoms with Crippen LogP contribution >= 0.6 is 11.6 Å². The van der Waals surface area contributed by atoms with Crippen molar-refractivity contribution in [3.63, 3.8) is 0 Å². The zero-order valence-corrected chi connectivity index (χ0v) is 13.8. The Bertz CT molecular complexity index is 315. The van der Waals surface area contributed by atoms with Crippen LogP contribution in [0.1, 0.15) is 47.5 Å². The van der Waals surface area contributed by atoms with Crippen molar-refractivity contribution in [3.8, 4) is 0 Å². The molecule has 0 aromatic carbocycles. The largest absolute Gasteiger partial charge is 0.464 e. The molecule has 118 valence electrons. The Labute approximate surface area is 126 Å². The van der Waals surface area contributed by atoms with Gasteiger partial charge in [0.25, 0.3) is 0 Å². The molecule has 6 heteroatoms. The quantitative estimate of drug-likeness (QED) is 0.535. The summed E-state index contributed by atoms with van der Waals surface area (Å²) in [5.74, 6) is 0.00823. The van der Waals surface area contributed by atoms with Gasteiger partial charge < -0.3 is 9.47 Å². The molecule has 0 unspecified atom stereocenters. The molecule has 1 atom stereocenters. The number of carbonyl (C=O) groups excluding carboxylic acids is 2. The number of hydrogen-bond acceptors (Lipinski definition) is 4. The Hall–Kier alpha value is -0.970. The van der Waals surface area contributed by atoms with Gasteiger partial charge in [0.05, 0.1) is 6.61 Å². The minimum absolute atomic E-state index is 0.285. The minimum Gasteiger partial charge on any atom is -0.464 e. The van der Waals surface area contributed by atoms with Gasteiger partial charge in [-0.2, -0.15) is 0 Å². The standard InChI is InChI=1S/C14H26ClNO4/c1-6-11(12(17)19-7-2)16(10-8-9-15)13(18)20-14(3,4)5/h11H,6-10H2,1-5H3/t11-/m0/s1. The molecule has 20 heavy (non-hydrogen) atoms. The molecule has 0 fully saturated rings. The second-order valence-corrected chi connectivity index (χ2v) is 5.77. The number of halogens is 1. The third-order valence-corrected chi connectivity index (χ3v) is 2.75. The van der Waals surface area contributed by atoms with Gasteiger partial charge in [0.15, 0.2) is 0 Å². The van der Waals surface area contributed by atoms with Crippen LogP contribution < -0.4 is 0 Å². The zero-order valence-electron chi connectivity index (χ0n) is 13.1. The summed E-state index contributed by atoms with van der Waals surface area (Å²) in [4.78, 5) is 25.6. The van der Waals surface area contributed by atoms with Crippen molar-refractivity contribution in [1.82, 2.24) is 4.90 Å². The molecule has 0 bridgehead atoms. The van der Waals surface area contributed by atoms with Crippen molar-refractivity contribution in [2.24, 2.45) is 0 Å². The highest BCUT2D eigenvalue weighted by Crippen LogP contribution is 2.15. The Morgan fingerprint density at radius 1 is 1.25 bits per heavy atom. The summed E-state index contributed by atoms with van der Waals surface area (Å²) in [5, 5.41) is 0. The third kappa shape index (κ3) is 6.98. The summed E-state index contributed by atoms with van der Waals surface area (Å²) < 4.78 is 10.4. The summed E-state index contributed by atoms with van der Waals surface area (Å²) in [5.41, 5.74) is -0.608. The van der Waals surface area contributed by atoms with Crippen LogP contribution in [0.25, 0.3) is 0 Å². The van der Waals surface area contributed by atoms with E-state index in [2.05, 4.69) is 0 Å². The maximum atomic E-state index is 12.2. The lowest BCUT2D eigenvalue weighted by Gasteiger charge is -2.31. The molecule has 0 spiro atoms. The van der Waals surface area contributed by atoms with Crippen molar-refractivity contribution in [2.45, 2.75) is 59.1 Å². The van der Waals surface area contributed by atoms with E-state index >= 15 is 0 Å². The van der Waals surface area contributed by atoms with E-state index in [1.807, 2.05) is 6.92 Å². The number of carbonyl (C=O) groups is 2. The lowest BCUT2D eigenvalue weighted by Crippen LogP contribution is -2.48. The molecule has 0 aliphatic heterocycles. The number of nitrogens with zero attached hydrogens (tertiary/aromatic N) is 1. The highest BCUT2D eigenvalue weighted by molar-refractivity contribution is 6.17. The van der Waals surface area contributed by atoms with E-state index in [4.69, 9.17) is 21.1 Å². The lowest BCUT2D eigenvalue weighted by molar-refractivity contribution is -0.149. The van der Waals surface area contributed by atoms with Gasteiger partial charge in [-0.1, -0.05) is 6.92 Å². The molecule has 0 radical (unpaired) electrons. The van der Waals surface area contributed by atoms with E-state index in [1.165, 1.54) is 4.90 Å². The molecule has 0 saturated heterocycles. The fraction of sp³-hybridized carbons (Fsp3) is 0.857. The van der Waals surface area contributed by atoms with E-state index in [9.17, 15) is 9.59 Å². The van der Waals surface area contributed by atoms with Crippen LogP contribution in [0.5, 0.6) is 0 Å². The first-order valence-electron chi connectivity index (χ1n) is 6.99. The average Bonchev–Trinajstić information content (AvgIpc) is 2.32. The predicted octanol–water partition coefficient (Wildman–Crippen LogP) is 3.19. The van der Waals surface area contributed by atoms with Crippen LogP contribution in [-0.4, -0.2) is 47.6 Å². The first-order chi connectivity index (χ1) is 9.26. The van der Waals surface area contributed by atoms with E-state index in [-0.39, 0.29) is 6.61 Å². The van der Waals surface area contributed by atoms with Gasteiger partial charge in [0.2, 0.25) is 0 Å². The highest BCUT2D eigenvalue weighted by atomic mass is 35.5. The van der Waals surface area contributed by atoms with E-state index in [0.29, 0.717) is 25.3 Å². The second-order valence-electron chi connectivity index (χ2n) is 5.39. The van der Waals surface area contributed by atoms with Crippen molar-refractivity contribution in [3.05, 3.63) is 0 Å². The van der Waals surface area contributed by atoms with E-state index in [1.54, 1.807) is 27.7 Å². The van der Waals surface area contributed by atoms with Crippen LogP contribution in [-0.2, 0) is 14.3 Å². The second kappa shape index (κ2) is 9.06. The molecule has 0 aromatic heterocycles. The molecule has 0 aromatic rings. The summed E-state index contributed by atoms with van der Waals surface area (Å²) in [6.45, 7) is 9.59. The smallest absolute Gasteiger partial charge is 0.411 e. The van der Waals surface area contributed by atoms with Crippen molar-refractivity contribution in [2.75, 3.05) is 19.0 Å². The predicted molar refractivity (Wildman–Crippen MR) is 79.0 cm³/mol. The molecule has 0 saturated carbocycles. The number of amides is 1. The fourth-order valence-electron chi connectivity index (χ4n) is 1.68. The normalized spacial score (nSPS) is 12.7. The van der Waals surface area contributed by atoms with Crippen LogP contribution in [0, 0.1) is 0 Å². The monoisotopic (exact) mass is 307 g/mol. The molecule has 0 N–H and O–H groups in total. The van der Waals surface area contributed by atoms with Crippen LogP contribution in [0.3, 0.4) is 0 Å². The van der Waals surface area contributed by atoms with Crippen molar-refractivity contribution < 1.29 is 19.1 Å². The Kier molecular flexibility index (Phi) is 8.62. The van der Waals surface area contributed by atoms with Crippen LogP contribution in [0.15, 0.2) is 0 Å². The maximum absolute atomic E-state index is 12.2. The summed E-state index contributed by atoms with van der Waals surface area (Å²) in [6.07, 6.45) is 0.555. The minimum atomic E-state index is -0.631. The van der Waals surface area contributed by atoms with Gasteiger partial charge in [-0.3, -0.25) is 4.90 Å². The first kappa shape index (κ1) is 19.0. The van der Waals surface area contributed by atoms with E-state index in [0.717, 1.165) is 0 Å². The molecule has 1 amide bonds. The van der Waals surface area contributed by atoms with Gasteiger partial charge in [-0.05, 0) is 40.5 Å². The molecular weight excluding hydrogens is 282 g/mol. The zero-order chi connectivity index (χ0) is 15.8. The number of rotatable bonds is 7. The van der Waals surface area contributed by atoms with Gasteiger partial charge in [0, 0.05) is 12.4 Å². The SMILES string of the molecule is CCOC(=O)[C@H](CC)N(CCCCl)C(=O)OC(C)(C)C. The molecule has 0 aliphatic carbocycles. The Balaban J connectivity index is 4.99. The number of ether oxygens (including phenoxy) is 2. The van der Waals surface area contributed by atoms with Crippen LogP contribution in [0.2, 0.25) is 0 Å². The van der Waals surface area contributed by atoms with Gasteiger partial charge in [-0.25, -0.2) is 9.59 Å². The Morgan fingerprint density at radius 2 is 1.85 bits per heavy atom. The Morgan fingerprint density at radius 3 is 2.25 bits per heavy atom. The summed E-state index contributed by atoms with van der Waals surface area (Å²) in [6, 6.07) is -0.631. The molecule has 0 rings (SSSR count). The van der Waals surface area contributed by atoms with Gasteiger partial charge >= 0.3 is 12.1 Å². The fourth-order valence-corrected chi connectivity index (χ4v) is 1.80. The molecule has 5 nitrogen and oxygen atoms in total. The number of esters is 1. The van der Waals surface area contributed by atoms with Gasteiger partial charge in [-0.15, -0.1) is 11.6 Å². The molecule has 0 aliphatic rings. The van der Waals surface area contributed by atoms with Crippen molar-refractivity contribution in [1.29, 1.82) is 0 Å². The maximum Gasteiger partial charge on any atom is 0.411 e. The molecule has 0 heterocycles. The number of hydrogen-bond donors (Lipinski definition) is 0.